The summed E-state index contributed by atoms with van der Waals surface area (Å²) in [6.45, 7) is 2.96. The minimum absolute atomic E-state index is 0.238. The molecule has 0 amide bonds. The molecule has 0 spiro atoms. The first-order valence-corrected chi connectivity index (χ1v) is 9.15. The molecule has 2 aromatic rings. The van der Waals surface area contributed by atoms with Crippen molar-refractivity contribution in [2.45, 2.75) is 31.8 Å². The van der Waals surface area contributed by atoms with Gasteiger partial charge in [-0.1, -0.05) is 30.3 Å². The van der Waals surface area contributed by atoms with Gasteiger partial charge in [-0.25, -0.2) is 0 Å². The predicted molar refractivity (Wildman–Crippen MR) is 108 cm³/mol. The minimum Gasteiger partial charge on any atom is -0.354 e. The maximum atomic E-state index is 4.37. The molecule has 2 unspecified atom stereocenters. The molecule has 2 rings (SSSR count). The third-order valence-electron chi connectivity index (χ3n) is 4.51. The Morgan fingerprint density at radius 3 is 2.58 bits per heavy atom. The van der Waals surface area contributed by atoms with Crippen LogP contribution in [-0.2, 0) is 13.5 Å². The number of likely N-dealkylation sites (N-methyl/N-ethyl adjacent to an activating group) is 1. The summed E-state index contributed by atoms with van der Waals surface area (Å²) < 4.78 is 1.84. The van der Waals surface area contributed by atoms with Crippen LogP contribution in [0.4, 0.5) is 0 Å². The number of aromatic nitrogens is 2. The lowest BCUT2D eigenvalue weighted by molar-refractivity contribution is 0.298. The largest absolute Gasteiger partial charge is 0.354 e. The maximum Gasteiger partial charge on any atom is 0.191 e. The van der Waals surface area contributed by atoms with Crippen molar-refractivity contribution in [1.29, 1.82) is 0 Å². The van der Waals surface area contributed by atoms with Crippen LogP contribution in [0, 0.1) is 0 Å². The fourth-order valence-electron chi connectivity index (χ4n) is 2.93. The van der Waals surface area contributed by atoms with Gasteiger partial charge < -0.3 is 15.5 Å². The summed E-state index contributed by atoms with van der Waals surface area (Å²) in [7, 11) is 7.92. The van der Waals surface area contributed by atoms with Gasteiger partial charge in [0.25, 0.3) is 0 Å². The molecule has 6 heteroatoms. The molecule has 1 aromatic heterocycles. The number of aliphatic imine (C=N–C) groups is 1. The molecule has 6 nitrogen and oxygen atoms in total. The molecule has 0 bridgehead atoms. The number of nitrogens with zero attached hydrogens (tertiary/aromatic N) is 4. The first-order valence-electron chi connectivity index (χ1n) is 9.15. The molecular weight excluding hydrogens is 324 g/mol. The third-order valence-corrected chi connectivity index (χ3v) is 4.51. The van der Waals surface area contributed by atoms with Gasteiger partial charge in [0.15, 0.2) is 5.96 Å². The monoisotopic (exact) mass is 356 g/mol. The van der Waals surface area contributed by atoms with Gasteiger partial charge in [-0.3, -0.25) is 9.67 Å². The molecule has 142 valence electrons. The van der Waals surface area contributed by atoms with Crippen LogP contribution in [0.2, 0.25) is 0 Å². The van der Waals surface area contributed by atoms with Gasteiger partial charge in [0.2, 0.25) is 0 Å². The van der Waals surface area contributed by atoms with Crippen LogP contribution in [0.1, 0.15) is 30.5 Å². The third kappa shape index (κ3) is 6.19. The summed E-state index contributed by atoms with van der Waals surface area (Å²) in [5.41, 5.74) is 2.56. The van der Waals surface area contributed by atoms with Crippen molar-refractivity contribution in [1.82, 2.24) is 25.3 Å². The van der Waals surface area contributed by atoms with E-state index in [1.54, 1.807) is 0 Å². The van der Waals surface area contributed by atoms with Gasteiger partial charge in [-0.2, -0.15) is 5.10 Å². The van der Waals surface area contributed by atoms with Crippen LogP contribution in [0.15, 0.2) is 47.7 Å². The Balaban J connectivity index is 1.84. The van der Waals surface area contributed by atoms with E-state index in [0.29, 0.717) is 6.04 Å². The number of rotatable bonds is 8. The summed E-state index contributed by atoms with van der Waals surface area (Å²) in [6.07, 6.45) is 6.10. The van der Waals surface area contributed by atoms with E-state index in [1.807, 2.05) is 25.0 Å². The van der Waals surface area contributed by atoms with E-state index in [1.165, 1.54) is 11.1 Å². The van der Waals surface area contributed by atoms with Gasteiger partial charge in [0.05, 0.1) is 12.2 Å². The van der Waals surface area contributed by atoms with E-state index in [-0.39, 0.29) is 6.04 Å². The summed E-state index contributed by atoms with van der Waals surface area (Å²) in [5, 5.41) is 11.2. The summed E-state index contributed by atoms with van der Waals surface area (Å²) in [6, 6.07) is 11.2. The van der Waals surface area contributed by atoms with Crippen molar-refractivity contribution >= 4 is 5.96 Å². The van der Waals surface area contributed by atoms with Crippen molar-refractivity contribution in [2.75, 3.05) is 27.7 Å². The molecule has 0 fully saturated rings. The topological polar surface area (TPSA) is 57.5 Å². The molecule has 0 aliphatic carbocycles. The van der Waals surface area contributed by atoms with Crippen LogP contribution >= 0.6 is 0 Å². The number of guanidine groups is 1. The minimum atomic E-state index is 0.238. The summed E-state index contributed by atoms with van der Waals surface area (Å²) in [4.78, 5) is 6.56. The van der Waals surface area contributed by atoms with E-state index in [0.717, 1.165) is 25.3 Å². The van der Waals surface area contributed by atoms with Gasteiger partial charge in [0.1, 0.15) is 0 Å². The Hall–Kier alpha value is -2.34. The van der Waals surface area contributed by atoms with Crippen molar-refractivity contribution in [3.8, 4) is 0 Å². The Bertz CT molecular complexity index is 677. The molecular formula is C20H32N6. The molecule has 0 saturated heterocycles. The second kappa shape index (κ2) is 9.97. The Kier molecular flexibility index (Phi) is 7.66. The zero-order valence-electron chi connectivity index (χ0n) is 16.6. The van der Waals surface area contributed by atoms with E-state index in [2.05, 4.69) is 83.2 Å². The summed E-state index contributed by atoms with van der Waals surface area (Å²) in [5.74, 6) is 0.835. The van der Waals surface area contributed by atoms with Crippen LogP contribution in [0.5, 0.6) is 0 Å². The van der Waals surface area contributed by atoms with Crippen LogP contribution in [-0.4, -0.2) is 54.4 Å². The van der Waals surface area contributed by atoms with Crippen molar-refractivity contribution in [3.05, 3.63) is 53.9 Å². The van der Waals surface area contributed by atoms with Gasteiger partial charge >= 0.3 is 0 Å². The molecule has 0 radical (unpaired) electrons. The zero-order chi connectivity index (χ0) is 18.9. The van der Waals surface area contributed by atoms with Gasteiger partial charge in [0, 0.05) is 38.4 Å². The fourth-order valence-corrected chi connectivity index (χ4v) is 2.93. The number of aryl methyl sites for hydroxylation is 2. The molecule has 0 saturated carbocycles. The Morgan fingerprint density at radius 2 is 2.00 bits per heavy atom. The molecule has 1 aromatic carbocycles. The highest BCUT2D eigenvalue weighted by Gasteiger charge is 2.16. The van der Waals surface area contributed by atoms with E-state index >= 15 is 0 Å². The van der Waals surface area contributed by atoms with Crippen LogP contribution in [0.3, 0.4) is 0 Å². The van der Waals surface area contributed by atoms with Crippen molar-refractivity contribution in [2.24, 2.45) is 12.0 Å². The maximum absolute atomic E-state index is 4.37. The van der Waals surface area contributed by atoms with E-state index in [4.69, 9.17) is 0 Å². The lowest BCUT2D eigenvalue weighted by Crippen LogP contribution is -2.45. The van der Waals surface area contributed by atoms with Crippen molar-refractivity contribution < 1.29 is 0 Å². The van der Waals surface area contributed by atoms with Gasteiger partial charge in [-0.15, -0.1) is 0 Å². The lowest BCUT2D eigenvalue weighted by Gasteiger charge is -2.25. The van der Waals surface area contributed by atoms with Crippen LogP contribution in [0.25, 0.3) is 0 Å². The highest BCUT2D eigenvalue weighted by molar-refractivity contribution is 5.79. The average Bonchev–Trinajstić information content (AvgIpc) is 3.05. The number of hydrogen-bond donors (Lipinski definition) is 2. The standard InChI is InChI=1S/C20H32N6/c1-16(11-12-17-9-7-6-8-10-17)24-20(21-2)22-14-19(25(3)4)18-13-23-26(5)15-18/h6-10,13,15-16,19H,11-12,14H2,1-5H3,(H2,21,22,24). The molecule has 1 heterocycles. The first kappa shape index (κ1) is 20.0. The van der Waals surface area contributed by atoms with Crippen molar-refractivity contribution in [3.63, 3.8) is 0 Å². The van der Waals surface area contributed by atoms with E-state index in [9.17, 15) is 0 Å². The Labute approximate surface area is 157 Å². The first-order chi connectivity index (χ1) is 12.5. The van der Waals surface area contributed by atoms with Gasteiger partial charge in [-0.05, 0) is 39.4 Å². The number of benzene rings is 1. The smallest absolute Gasteiger partial charge is 0.191 e. The number of nitrogens with one attached hydrogen (secondary N) is 2. The average molecular weight is 357 g/mol. The molecule has 0 aliphatic heterocycles. The SMILES string of the molecule is CN=C(NCC(c1cnn(C)c1)N(C)C)NC(C)CCc1ccccc1. The highest BCUT2D eigenvalue weighted by atomic mass is 15.3. The molecule has 26 heavy (non-hydrogen) atoms. The normalized spacial score (nSPS) is 14.3. The zero-order valence-corrected chi connectivity index (χ0v) is 16.6. The quantitative estimate of drug-likeness (QED) is 0.562. The summed E-state index contributed by atoms with van der Waals surface area (Å²) >= 11 is 0. The second-order valence-electron chi connectivity index (χ2n) is 6.95. The molecule has 2 atom stereocenters. The number of hydrogen-bond acceptors (Lipinski definition) is 3. The lowest BCUT2D eigenvalue weighted by atomic mass is 10.1. The fraction of sp³-hybridized carbons (Fsp3) is 0.500. The second-order valence-corrected chi connectivity index (χ2v) is 6.95. The van der Waals surface area contributed by atoms with Crippen LogP contribution < -0.4 is 10.6 Å². The molecule has 0 aliphatic rings. The molecule has 2 N–H and O–H groups in total. The Morgan fingerprint density at radius 1 is 1.27 bits per heavy atom. The predicted octanol–water partition coefficient (Wildman–Crippen LogP) is 2.21. The highest BCUT2D eigenvalue weighted by Crippen LogP contribution is 2.16. The van der Waals surface area contributed by atoms with E-state index < -0.39 is 0 Å².